The first-order chi connectivity index (χ1) is 7.15. The number of carboxylic acids is 1. The van der Waals surface area contributed by atoms with Crippen LogP contribution in [-0.2, 0) is 17.9 Å². The first-order valence-corrected chi connectivity index (χ1v) is 5.42. The maximum absolute atomic E-state index is 10.4. The van der Waals surface area contributed by atoms with Crippen LogP contribution in [-0.4, -0.2) is 15.6 Å². The van der Waals surface area contributed by atoms with Gasteiger partial charge >= 0.3 is 5.97 Å². The lowest BCUT2D eigenvalue weighted by Gasteiger charge is -1.99. The van der Waals surface area contributed by atoms with Crippen molar-refractivity contribution in [1.29, 1.82) is 0 Å². The molecule has 1 aromatic rings. The Morgan fingerprint density at radius 3 is 2.93 bits per heavy atom. The van der Waals surface area contributed by atoms with Gasteiger partial charge in [-0.25, -0.2) is 9.13 Å². The Kier molecular flexibility index (Phi) is 4.34. The summed E-state index contributed by atoms with van der Waals surface area (Å²) in [5, 5.41) is 8.59. The fourth-order valence-corrected chi connectivity index (χ4v) is 1.56. The van der Waals surface area contributed by atoms with Crippen molar-refractivity contribution >= 4 is 5.97 Å². The molecule has 0 radical (unpaired) electrons. The minimum Gasteiger partial charge on any atom is -0.481 e. The van der Waals surface area contributed by atoms with Crippen molar-refractivity contribution in [2.75, 3.05) is 0 Å². The molecule has 0 saturated carbocycles. The summed E-state index contributed by atoms with van der Waals surface area (Å²) in [6, 6.07) is 0. The summed E-state index contributed by atoms with van der Waals surface area (Å²) in [5.74, 6) is 0.382. The Morgan fingerprint density at radius 2 is 2.33 bits per heavy atom. The van der Waals surface area contributed by atoms with Gasteiger partial charge in [0.05, 0.1) is 13.0 Å². The molecule has 0 fully saturated rings. The number of aliphatic carboxylic acids is 1. The quantitative estimate of drug-likeness (QED) is 0.722. The molecule has 0 spiro atoms. The average molecular weight is 211 g/mol. The van der Waals surface area contributed by atoms with Crippen LogP contribution in [0.5, 0.6) is 0 Å². The summed E-state index contributed by atoms with van der Waals surface area (Å²) in [6.07, 6.45) is 6.49. The zero-order chi connectivity index (χ0) is 11.3. The third kappa shape index (κ3) is 3.38. The van der Waals surface area contributed by atoms with Crippen LogP contribution < -0.4 is 4.57 Å². The molecular formula is C11H19N2O2+. The SMILES string of the molecule is CCCC[n+]1ccn(CCC(=O)O)c1C. The summed E-state index contributed by atoms with van der Waals surface area (Å²) >= 11 is 0. The van der Waals surface area contributed by atoms with Crippen LogP contribution in [0.25, 0.3) is 0 Å². The largest absolute Gasteiger partial charge is 0.481 e. The average Bonchev–Trinajstić information content (AvgIpc) is 2.54. The molecular weight excluding hydrogens is 192 g/mol. The van der Waals surface area contributed by atoms with Crippen molar-refractivity contribution in [3.05, 3.63) is 18.2 Å². The molecule has 0 bridgehead atoms. The lowest BCUT2D eigenvalue weighted by atomic mass is 10.3. The van der Waals surface area contributed by atoms with Gasteiger partial charge < -0.3 is 5.11 Å². The third-order valence-corrected chi connectivity index (χ3v) is 2.58. The van der Waals surface area contributed by atoms with Crippen molar-refractivity contribution in [3.63, 3.8) is 0 Å². The molecule has 1 N–H and O–H groups in total. The molecule has 0 unspecified atom stereocenters. The number of hydrogen-bond donors (Lipinski definition) is 1. The molecule has 4 nitrogen and oxygen atoms in total. The van der Waals surface area contributed by atoms with Crippen LogP contribution in [0.2, 0.25) is 0 Å². The van der Waals surface area contributed by atoms with Gasteiger partial charge in [-0.3, -0.25) is 4.79 Å². The summed E-state index contributed by atoms with van der Waals surface area (Å²) in [6.45, 7) is 5.76. The molecule has 0 aliphatic rings. The minimum atomic E-state index is -0.747. The van der Waals surface area contributed by atoms with Crippen molar-refractivity contribution in [1.82, 2.24) is 4.57 Å². The van der Waals surface area contributed by atoms with E-state index in [1.54, 1.807) is 0 Å². The molecule has 0 aromatic carbocycles. The first-order valence-electron chi connectivity index (χ1n) is 5.42. The maximum atomic E-state index is 10.4. The lowest BCUT2D eigenvalue weighted by Crippen LogP contribution is -2.35. The number of hydrogen-bond acceptors (Lipinski definition) is 1. The summed E-state index contributed by atoms with van der Waals surface area (Å²) in [7, 11) is 0. The van der Waals surface area contributed by atoms with Gasteiger partial charge in [0.15, 0.2) is 0 Å². The van der Waals surface area contributed by atoms with E-state index in [0.29, 0.717) is 6.54 Å². The molecule has 1 heterocycles. The summed E-state index contributed by atoms with van der Waals surface area (Å²) in [4.78, 5) is 10.4. The number of carboxylic acid groups (broad SMARTS) is 1. The van der Waals surface area contributed by atoms with Crippen LogP contribution in [0.4, 0.5) is 0 Å². The number of aromatic nitrogens is 2. The second-order valence-corrected chi connectivity index (χ2v) is 3.73. The Balaban J connectivity index is 2.58. The topological polar surface area (TPSA) is 46.1 Å². The fraction of sp³-hybridized carbons (Fsp3) is 0.636. The van der Waals surface area contributed by atoms with E-state index in [1.807, 2.05) is 23.9 Å². The van der Waals surface area contributed by atoms with E-state index in [9.17, 15) is 4.79 Å². The van der Waals surface area contributed by atoms with Gasteiger partial charge in [-0.15, -0.1) is 0 Å². The highest BCUT2D eigenvalue weighted by Crippen LogP contribution is 1.97. The molecule has 4 heteroatoms. The third-order valence-electron chi connectivity index (χ3n) is 2.58. The number of rotatable bonds is 6. The number of nitrogens with zero attached hydrogens (tertiary/aromatic N) is 2. The Morgan fingerprint density at radius 1 is 1.60 bits per heavy atom. The number of imidazole rings is 1. The zero-order valence-electron chi connectivity index (χ0n) is 9.44. The van der Waals surface area contributed by atoms with Gasteiger partial charge in [-0.05, 0) is 6.42 Å². The highest BCUT2D eigenvalue weighted by molar-refractivity contribution is 5.66. The van der Waals surface area contributed by atoms with Gasteiger partial charge in [0.1, 0.15) is 18.9 Å². The van der Waals surface area contributed by atoms with Crippen molar-refractivity contribution in [3.8, 4) is 0 Å². The molecule has 1 aromatic heterocycles. The van der Waals surface area contributed by atoms with E-state index >= 15 is 0 Å². The van der Waals surface area contributed by atoms with Crippen LogP contribution in [0.3, 0.4) is 0 Å². The Hall–Kier alpha value is -1.32. The number of carbonyl (C=O) groups is 1. The van der Waals surface area contributed by atoms with Gasteiger partial charge in [0.2, 0.25) is 0 Å². The highest BCUT2D eigenvalue weighted by atomic mass is 16.4. The molecule has 15 heavy (non-hydrogen) atoms. The first kappa shape index (κ1) is 11.8. The Bertz CT molecular complexity index is 331. The van der Waals surface area contributed by atoms with E-state index in [-0.39, 0.29) is 6.42 Å². The van der Waals surface area contributed by atoms with Crippen LogP contribution >= 0.6 is 0 Å². The number of unbranched alkanes of at least 4 members (excludes halogenated alkanes) is 1. The van der Waals surface area contributed by atoms with Gasteiger partial charge in [0, 0.05) is 6.92 Å². The monoisotopic (exact) mass is 211 g/mol. The van der Waals surface area contributed by atoms with Crippen molar-refractivity contribution < 1.29 is 14.5 Å². The molecule has 0 aliphatic heterocycles. The predicted octanol–water partition coefficient (Wildman–Crippen LogP) is 1.36. The van der Waals surface area contributed by atoms with Gasteiger partial charge in [0.25, 0.3) is 5.82 Å². The standard InChI is InChI=1S/C11H18N2O2/c1-3-4-6-12-8-9-13(10(12)2)7-5-11(14)15/h8-9H,3-7H2,1-2H3/p+1. The second kappa shape index (κ2) is 5.53. The van der Waals surface area contributed by atoms with Crippen molar-refractivity contribution in [2.24, 2.45) is 0 Å². The lowest BCUT2D eigenvalue weighted by molar-refractivity contribution is -0.702. The zero-order valence-corrected chi connectivity index (χ0v) is 9.44. The Labute approximate surface area is 90.2 Å². The van der Waals surface area contributed by atoms with Crippen LogP contribution in [0, 0.1) is 6.92 Å². The minimum absolute atomic E-state index is 0.184. The number of aryl methyl sites for hydroxylation is 2. The highest BCUT2D eigenvalue weighted by Gasteiger charge is 2.12. The smallest absolute Gasteiger partial charge is 0.307 e. The van der Waals surface area contributed by atoms with E-state index in [4.69, 9.17) is 5.11 Å². The van der Waals surface area contributed by atoms with E-state index in [1.165, 1.54) is 6.42 Å². The molecule has 0 atom stereocenters. The van der Waals surface area contributed by atoms with Gasteiger partial charge in [-0.2, -0.15) is 0 Å². The fourth-order valence-electron chi connectivity index (χ4n) is 1.56. The molecule has 0 aliphatic carbocycles. The molecule has 1 rings (SSSR count). The maximum Gasteiger partial charge on any atom is 0.307 e. The van der Waals surface area contributed by atoms with E-state index in [2.05, 4.69) is 11.5 Å². The molecule has 84 valence electrons. The normalized spacial score (nSPS) is 10.5. The molecule has 0 saturated heterocycles. The predicted molar refractivity (Wildman–Crippen MR) is 56.5 cm³/mol. The van der Waals surface area contributed by atoms with Gasteiger partial charge in [-0.1, -0.05) is 13.3 Å². The summed E-state index contributed by atoms with van der Waals surface area (Å²) < 4.78 is 4.16. The van der Waals surface area contributed by atoms with E-state index in [0.717, 1.165) is 18.8 Å². The molecule has 0 amide bonds. The van der Waals surface area contributed by atoms with Crippen LogP contribution in [0.15, 0.2) is 12.4 Å². The van der Waals surface area contributed by atoms with E-state index < -0.39 is 5.97 Å². The second-order valence-electron chi connectivity index (χ2n) is 3.73. The summed E-state index contributed by atoms with van der Waals surface area (Å²) in [5.41, 5.74) is 0. The van der Waals surface area contributed by atoms with Crippen molar-refractivity contribution in [2.45, 2.75) is 46.2 Å². The van der Waals surface area contributed by atoms with Crippen LogP contribution in [0.1, 0.15) is 32.0 Å².